The number of anilines is 1. The second-order valence-electron chi connectivity index (χ2n) is 5.08. The third-order valence-electron chi connectivity index (χ3n) is 3.25. The zero-order valence-corrected chi connectivity index (χ0v) is 13.6. The predicted molar refractivity (Wildman–Crippen MR) is 83.7 cm³/mol. The van der Waals surface area contributed by atoms with Crippen molar-refractivity contribution in [2.24, 2.45) is 0 Å². The number of rotatable bonds is 5. The third kappa shape index (κ3) is 3.77. The van der Waals surface area contributed by atoms with Gasteiger partial charge in [0.25, 0.3) is 0 Å². The molecular formula is C13H23N3OS2. The summed E-state index contributed by atoms with van der Waals surface area (Å²) in [7, 11) is -0.624. The average Bonchev–Trinajstić information content (AvgIpc) is 2.81. The molecular weight excluding hydrogens is 278 g/mol. The van der Waals surface area contributed by atoms with Crippen LogP contribution in [0, 0.1) is 0 Å². The second-order valence-corrected chi connectivity index (χ2v) is 7.83. The van der Waals surface area contributed by atoms with Gasteiger partial charge in [-0.05, 0) is 12.5 Å². The highest BCUT2D eigenvalue weighted by atomic mass is 32.2. The number of nitrogens with zero attached hydrogens (tertiary/aromatic N) is 2. The molecule has 1 aliphatic heterocycles. The van der Waals surface area contributed by atoms with Crippen molar-refractivity contribution in [3.05, 3.63) is 10.6 Å². The fraction of sp³-hybridized carbons (Fsp3) is 0.769. The summed E-state index contributed by atoms with van der Waals surface area (Å²) in [5.41, 5.74) is 1.22. The molecule has 0 bridgehead atoms. The van der Waals surface area contributed by atoms with Crippen molar-refractivity contribution in [2.45, 2.75) is 33.2 Å². The number of hydrogen-bond donors (Lipinski definition) is 1. The quantitative estimate of drug-likeness (QED) is 0.903. The molecule has 2 heterocycles. The first-order chi connectivity index (χ1) is 9.11. The first-order valence-corrected chi connectivity index (χ1v) is 9.22. The zero-order chi connectivity index (χ0) is 13.8. The molecule has 4 nitrogen and oxygen atoms in total. The lowest BCUT2D eigenvalue weighted by Gasteiger charge is -2.25. The summed E-state index contributed by atoms with van der Waals surface area (Å²) in [5, 5.41) is 4.49. The number of aromatic nitrogens is 1. The highest BCUT2D eigenvalue weighted by Gasteiger charge is 2.21. The van der Waals surface area contributed by atoms with E-state index in [0.29, 0.717) is 5.92 Å². The molecule has 0 saturated carbocycles. The van der Waals surface area contributed by atoms with Gasteiger partial charge in [0.05, 0.1) is 5.69 Å². The Hall–Kier alpha value is -0.460. The van der Waals surface area contributed by atoms with Gasteiger partial charge in [-0.3, -0.25) is 4.21 Å². The molecule has 0 unspecified atom stereocenters. The first kappa shape index (κ1) is 14.9. The smallest absolute Gasteiger partial charge is 0.185 e. The molecule has 0 atom stereocenters. The average molecular weight is 301 g/mol. The molecule has 0 spiro atoms. The molecule has 6 heteroatoms. The van der Waals surface area contributed by atoms with Crippen LogP contribution in [-0.2, 0) is 17.3 Å². The minimum Gasteiger partial charge on any atom is -0.346 e. The van der Waals surface area contributed by atoms with Gasteiger partial charge in [0.1, 0.15) is 0 Å². The van der Waals surface area contributed by atoms with E-state index in [9.17, 15) is 4.21 Å². The van der Waals surface area contributed by atoms with Crippen LogP contribution in [-0.4, -0.2) is 40.3 Å². The van der Waals surface area contributed by atoms with E-state index in [1.807, 2.05) is 0 Å². The topological polar surface area (TPSA) is 45.2 Å². The van der Waals surface area contributed by atoms with Crippen LogP contribution in [0.25, 0.3) is 0 Å². The Morgan fingerprint density at radius 2 is 2.11 bits per heavy atom. The predicted octanol–water partition coefficient (Wildman–Crippen LogP) is 1.94. The Bertz CT molecular complexity index is 435. The standard InChI is InChI=1S/C13H23N3OS2/c1-4-14-9-11-12(10(2)3)15-13(18-11)16-5-7-19(17)8-6-16/h10,14H,4-9H2,1-3H3. The lowest BCUT2D eigenvalue weighted by atomic mass is 10.1. The van der Waals surface area contributed by atoms with Crippen LogP contribution in [0.4, 0.5) is 5.13 Å². The Labute approximate surface area is 122 Å². The highest BCUT2D eigenvalue weighted by molar-refractivity contribution is 7.85. The maximum absolute atomic E-state index is 11.4. The van der Waals surface area contributed by atoms with E-state index in [4.69, 9.17) is 4.98 Å². The van der Waals surface area contributed by atoms with Crippen LogP contribution in [0.3, 0.4) is 0 Å². The van der Waals surface area contributed by atoms with Crippen LogP contribution in [0.15, 0.2) is 0 Å². The van der Waals surface area contributed by atoms with E-state index < -0.39 is 10.8 Å². The van der Waals surface area contributed by atoms with Gasteiger partial charge < -0.3 is 10.2 Å². The van der Waals surface area contributed by atoms with Crippen molar-refractivity contribution in [1.29, 1.82) is 0 Å². The molecule has 1 aliphatic rings. The molecule has 0 radical (unpaired) electrons. The maximum Gasteiger partial charge on any atom is 0.185 e. The van der Waals surface area contributed by atoms with E-state index >= 15 is 0 Å². The van der Waals surface area contributed by atoms with Crippen LogP contribution < -0.4 is 10.2 Å². The fourth-order valence-electron chi connectivity index (χ4n) is 2.13. The van der Waals surface area contributed by atoms with Gasteiger partial charge in [0.2, 0.25) is 0 Å². The van der Waals surface area contributed by atoms with E-state index in [1.54, 1.807) is 11.3 Å². The molecule has 0 amide bonds. The van der Waals surface area contributed by atoms with Gasteiger partial charge in [0.15, 0.2) is 5.13 Å². The summed E-state index contributed by atoms with van der Waals surface area (Å²) in [4.78, 5) is 8.45. The van der Waals surface area contributed by atoms with Gasteiger partial charge in [-0.2, -0.15) is 0 Å². The van der Waals surface area contributed by atoms with Crippen LogP contribution in [0.5, 0.6) is 0 Å². The zero-order valence-electron chi connectivity index (χ0n) is 11.9. The van der Waals surface area contributed by atoms with Crippen molar-refractivity contribution >= 4 is 27.3 Å². The van der Waals surface area contributed by atoms with E-state index in [0.717, 1.165) is 42.8 Å². The van der Waals surface area contributed by atoms with Crippen molar-refractivity contribution in [3.63, 3.8) is 0 Å². The van der Waals surface area contributed by atoms with Crippen LogP contribution in [0.1, 0.15) is 37.3 Å². The van der Waals surface area contributed by atoms with Crippen molar-refractivity contribution in [1.82, 2.24) is 10.3 Å². The maximum atomic E-state index is 11.4. The molecule has 1 saturated heterocycles. The minimum absolute atomic E-state index is 0.456. The third-order valence-corrected chi connectivity index (χ3v) is 5.65. The molecule has 0 aliphatic carbocycles. The lowest BCUT2D eigenvalue weighted by molar-refractivity contribution is 0.672. The van der Waals surface area contributed by atoms with E-state index in [2.05, 4.69) is 31.0 Å². The Kier molecular flexibility index (Phi) is 5.36. The molecule has 19 heavy (non-hydrogen) atoms. The SMILES string of the molecule is CCNCc1sc(N2CCS(=O)CC2)nc1C(C)C. The molecule has 108 valence electrons. The molecule has 1 aromatic heterocycles. The van der Waals surface area contributed by atoms with Crippen molar-refractivity contribution in [2.75, 3.05) is 36.0 Å². The van der Waals surface area contributed by atoms with Crippen LogP contribution >= 0.6 is 11.3 Å². The Morgan fingerprint density at radius 1 is 1.42 bits per heavy atom. The van der Waals surface area contributed by atoms with E-state index in [1.165, 1.54) is 10.6 Å². The number of thiazole rings is 1. The summed E-state index contributed by atoms with van der Waals surface area (Å²) in [6.07, 6.45) is 0. The normalized spacial score (nSPS) is 17.4. The second kappa shape index (κ2) is 6.81. The van der Waals surface area contributed by atoms with Gasteiger partial charge in [-0.1, -0.05) is 20.8 Å². The van der Waals surface area contributed by atoms with Crippen LogP contribution in [0.2, 0.25) is 0 Å². The van der Waals surface area contributed by atoms with E-state index in [-0.39, 0.29) is 0 Å². The summed E-state index contributed by atoms with van der Waals surface area (Å²) < 4.78 is 11.4. The molecule has 1 N–H and O–H groups in total. The largest absolute Gasteiger partial charge is 0.346 e. The highest BCUT2D eigenvalue weighted by Crippen LogP contribution is 2.31. The monoisotopic (exact) mass is 301 g/mol. The lowest BCUT2D eigenvalue weighted by Crippen LogP contribution is -2.37. The summed E-state index contributed by atoms with van der Waals surface area (Å²) >= 11 is 1.79. The van der Waals surface area contributed by atoms with Crippen molar-refractivity contribution < 1.29 is 4.21 Å². The molecule has 2 rings (SSSR count). The Morgan fingerprint density at radius 3 is 2.68 bits per heavy atom. The summed E-state index contributed by atoms with van der Waals surface area (Å²) in [5.74, 6) is 2.01. The minimum atomic E-state index is -0.624. The molecule has 1 fully saturated rings. The first-order valence-electron chi connectivity index (χ1n) is 6.92. The fourth-order valence-corrected chi connectivity index (χ4v) is 4.42. The Balaban J connectivity index is 2.14. The number of hydrogen-bond acceptors (Lipinski definition) is 5. The summed E-state index contributed by atoms with van der Waals surface area (Å²) in [6, 6.07) is 0. The van der Waals surface area contributed by atoms with Crippen molar-refractivity contribution in [3.8, 4) is 0 Å². The van der Waals surface area contributed by atoms with Gasteiger partial charge >= 0.3 is 0 Å². The van der Waals surface area contributed by atoms with Gasteiger partial charge in [-0.25, -0.2) is 4.98 Å². The van der Waals surface area contributed by atoms with Gasteiger partial charge in [-0.15, -0.1) is 11.3 Å². The molecule has 1 aromatic rings. The summed E-state index contributed by atoms with van der Waals surface area (Å²) in [6.45, 7) is 10.1. The van der Waals surface area contributed by atoms with Gasteiger partial charge in [0, 0.05) is 46.8 Å². The number of nitrogens with one attached hydrogen (secondary N) is 1. The molecule has 0 aromatic carbocycles.